The maximum Gasteiger partial charge on any atom is 0.253 e. The van der Waals surface area contributed by atoms with Gasteiger partial charge in [0.05, 0.1) is 0 Å². The maximum atomic E-state index is 12.3. The van der Waals surface area contributed by atoms with E-state index in [0.29, 0.717) is 6.54 Å². The number of piperazine rings is 1. The molecule has 1 aromatic carbocycles. The average Bonchev–Trinajstić information content (AvgIpc) is 2.48. The van der Waals surface area contributed by atoms with Crippen molar-refractivity contribution in [3.63, 3.8) is 0 Å². The van der Waals surface area contributed by atoms with E-state index in [4.69, 9.17) is 5.73 Å². The van der Waals surface area contributed by atoms with Crippen LogP contribution in [-0.2, 0) is 6.54 Å². The van der Waals surface area contributed by atoms with Crippen LogP contribution < -0.4 is 5.73 Å². The van der Waals surface area contributed by atoms with Gasteiger partial charge in [0.25, 0.3) is 5.91 Å². The molecular weight excluding hydrogens is 238 g/mol. The fourth-order valence-corrected chi connectivity index (χ4v) is 2.46. The van der Waals surface area contributed by atoms with Crippen LogP contribution in [0.2, 0.25) is 0 Å². The number of nitrogens with zero attached hydrogens (tertiary/aromatic N) is 2. The molecule has 2 N–H and O–H groups in total. The van der Waals surface area contributed by atoms with E-state index in [1.165, 1.54) is 6.42 Å². The number of hydrogen-bond acceptors (Lipinski definition) is 3. The van der Waals surface area contributed by atoms with Crippen LogP contribution in [0.15, 0.2) is 24.3 Å². The van der Waals surface area contributed by atoms with Crippen LogP contribution in [0.4, 0.5) is 0 Å². The number of amides is 1. The standard InChI is InChI=1S/C15H23N3O/c1-2-7-17-8-10-18(11-9-17)15(19)14-5-3-13(12-16)4-6-14/h3-6H,2,7-12,16H2,1H3. The fourth-order valence-electron chi connectivity index (χ4n) is 2.46. The Morgan fingerprint density at radius 2 is 1.79 bits per heavy atom. The highest BCUT2D eigenvalue weighted by Crippen LogP contribution is 2.10. The van der Waals surface area contributed by atoms with Crippen LogP contribution in [0.1, 0.15) is 29.3 Å². The number of carbonyl (C=O) groups excluding carboxylic acids is 1. The van der Waals surface area contributed by atoms with Gasteiger partial charge in [-0.25, -0.2) is 0 Å². The summed E-state index contributed by atoms with van der Waals surface area (Å²) in [5.41, 5.74) is 7.39. The van der Waals surface area contributed by atoms with Crippen molar-refractivity contribution >= 4 is 5.91 Å². The van der Waals surface area contributed by atoms with Crippen molar-refractivity contribution in [2.45, 2.75) is 19.9 Å². The molecule has 0 aromatic heterocycles. The van der Waals surface area contributed by atoms with Crippen molar-refractivity contribution in [2.75, 3.05) is 32.7 Å². The van der Waals surface area contributed by atoms with Crippen LogP contribution in [-0.4, -0.2) is 48.4 Å². The van der Waals surface area contributed by atoms with E-state index < -0.39 is 0 Å². The summed E-state index contributed by atoms with van der Waals surface area (Å²) in [4.78, 5) is 16.7. The van der Waals surface area contributed by atoms with Crippen LogP contribution >= 0.6 is 0 Å². The molecule has 1 saturated heterocycles. The smallest absolute Gasteiger partial charge is 0.253 e. The highest BCUT2D eigenvalue weighted by Gasteiger charge is 2.21. The van der Waals surface area contributed by atoms with E-state index in [0.717, 1.165) is 43.9 Å². The van der Waals surface area contributed by atoms with E-state index in [1.807, 2.05) is 29.2 Å². The minimum Gasteiger partial charge on any atom is -0.336 e. The molecule has 0 atom stereocenters. The van der Waals surface area contributed by atoms with Gasteiger partial charge in [0.2, 0.25) is 0 Å². The Hall–Kier alpha value is -1.39. The van der Waals surface area contributed by atoms with Gasteiger partial charge >= 0.3 is 0 Å². The third-order valence-electron chi connectivity index (χ3n) is 3.64. The Balaban J connectivity index is 1.93. The van der Waals surface area contributed by atoms with Gasteiger partial charge in [0.15, 0.2) is 0 Å². The first-order valence-electron chi connectivity index (χ1n) is 7.05. The molecule has 1 heterocycles. The number of rotatable bonds is 4. The normalized spacial score (nSPS) is 16.6. The average molecular weight is 261 g/mol. The molecule has 1 fully saturated rings. The van der Waals surface area contributed by atoms with Crippen molar-refractivity contribution in [3.8, 4) is 0 Å². The molecule has 4 heteroatoms. The van der Waals surface area contributed by atoms with Gasteiger partial charge in [-0.1, -0.05) is 19.1 Å². The first kappa shape index (κ1) is 14.0. The van der Waals surface area contributed by atoms with Crippen LogP contribution in [0, 0.1) is 0 Å². The molecule has 0 bridgehead atoms. The molecule has 0 spiro atoms. The summed E-state index contributed by atoms with van der Waals surface area (Å²) in [6.07, 6.45) is 1.18. The van der Waals surface area contributed by atoms with Crippen LogP contribution in [0.3, 0.4) is 0 Å². The van der Waals surface area contributed by atoms with Crippen LogP contribution in [0.5, 0.6) is 0 Å². The number of carbonyl (C=O) groups is 1. The van der Waals surface area contributed by atoms with Gasteiger partial charge < -0.3 is 10.6 Å². The summed E-state index contributed by atoms with van der Waals surface area (Å²) in [6.45, 7) is 7.48. The molecule has 1 aliphatic heterocycles. The highest BCUT2D eigenvalue weighted by molar-refractivity contribution is 5.94. The first-order chi connectivity index (χ1) is 9.24. The molecule has 0 radical (unpaired) electrons. The van der Waals surface area contributed by atoms with Crippen molar-refractivity contribution < 1.29 is 4.79 Å². The number of hydrogen-bond donors (Lipinski definition) is 1. The number of benzene rings is 1. The number of nitrogens with two attached hydrogens (primary N) is 1. The molecule has 2 rings (SSSR count). The van der Waals surface area contributed by atoms with E-state index in [2.05, 4.69) is 11.8 Å². The third-order valence-corrected chi connectivity index (χ3v) is 3.64. The fraction of sp³-hybridized carbons (Fsp3) is 0.533. The van der Waals surface area contributed by atoms with Gasteiger partial charge in [-0.15, -0.1) is 0 Å². The van der Waals surface area contributed by atoms with Crippen LogP contribution in [0.25, 0.3) is 0 Å². The SMILES string of the molecule is CCCN1CCN(C(=O)c2ccc(CN)cc2)CC1. The Labute approximate surface area is 115 Å². The minimum absolute atomic E-state index is 0.139. The lowest BCUT2D eigenvalue weighted by molar-refractivity contribution is 0.0637. The van der Waals surface area contributed by atoms with E-state index in [1.54, 1.807) is 0 Å². The molecule has 4 nitrogen and oxygen atoms in total. The third kappa shape index (κ3) is 3.55. The largest absolute Gasteiger partial charge is 0.336 e. The second kappa shape index (κ2) is 6.68. The van der Waals surface area contributed by atoms with E-state index >= 15 is 0 Å². The summed E-state index contributed by atoms with van der Waals surface area (Å²) < 4.78 is 0. The first-order valence-corrected chi connectivity index (χ1v) is 7.05. The van der Waals surface area contributed by atoms with Gasteiger partial charge in [-0.2, -0.15) is 0 Å². The lowest BCUT2D eigenvalue weighted by atomic mass is 10.1. The zero-order valence-electron chi connectivity index (χ0n) is 11.6. The van der Waals surface area contributed by atoms with E-state index in [9.17, 15) is 4.79 Å². The van der Waals surface area contributed by atoms with Crippen molar-refractivity contribution in [1.29, 1.82) is 0 Å². The lowest BCUT2D eigenvalue weighted by Crippen LogP contribution is -2.48. The molecule has 1 aliphatic rings. The minimum atomic E-state index is 0.139. The Morgan fingerprint density at radius 3 is 2.32 bits per heavy atom. The summed E-state index contributed by atoms with van der Waals surface area (Å²) >= 11 is 0. The molecule has 1 amide bonds. The Kier molecular flexibility index (Phi) is 4.93. The molecule has 0 aliphatic carbocycles. The highest BCUT2D eigenvalue weighted by atomic mass is 16.2. The zero-order valence-corrected chi connectivity index (χ0v) is 11.6. The molecule has 0 saturated carbocycles. The quantitative estimate of drug-likeness (QED) is 0.889. The summed E-state index contributed by atoms with van der Waals surface area (Å²) in [5, 5.41) is 0. The predicted octanol–water partition coefficient (Wildman–Crippen LogP) is 1.31. The van der Waals surface area contributed by atoms with Crippen molar-refractivity contribution in [2.24, 2.45) is 5.73 Å². The summed E-state index contributed by atoms with van der Waals surface area (Å²) in [5.74, 6) is 0.139. The topological polar surface area (TPSA) is 49.6 Å². The summed E-state index contributed by atoms with van der Waals surface area (Å²) in [6, 6.07) is 7.62. The molecule has 19 heavy (non-hydrogen) atoms. The van der Waals surface area contributed by atoms with Gasteiger partial charge in [-0.3, -0.25) is 9.69 Å². The molecule has 0 unspecified atom stereocenters. The lowest BCUT2D eigenvalue weighted by Gasteiger charge is -2.34. The zero-order chi connectivity index (χ0) is 13.7. The maximum absolute atomic E-state index is 12.3. The monoisotopic (exact) mass is 261 g/mol. The van der Waals surface area contributed by atoms with Gasteiger partial charge in [0.1, 0.15) is 0 Å². The molecule has 104 valence electrons. The second-order valence-corrected chi connectivity index (χ2v) is 5.03. The second-order valence-electron chi connectivity index (χ2n) is 5.03. The molecular formula is C15H23N3O. The van der Waals surface area contributed by atoms with Gasteiger partial charge in [0, 0.05) is 38.3 Å². The van der Waals surface area contributed by atoms with Crippen molar-refractivity contribution in [3.05, 3.63) is 35.4 Å². The Morgan fingerprint density at radius 1 is 1.16 bits per heavy atom. The molecule has 1 aromatic rings. The van der Waals surface area contributed by atoms with E-state index in [-0.39, 0.29) is 5.91 Å². The van der Waals surface area contributed by atoms with Crippen molar-refractivity contribution in [1.82, 2.24) is 9.80 Å². The summed E-state index contributed by atoms with van der Waals surface area (Å²) in [7, 11) is 0. The predicted molar refractivity (Wildman–Crippen MR) is 77.0 cm³/mol. The Bertz CT molecular complexity index is 408. The van der Waals surface area contributed by atoms with Gasteiger partial charge in [-0.05, 0) is 30.7 Å².